The summed E-state index contributed by atoms with van der Waals surface area (Å²) in [5.74, 6) is 0.132. The van der Waals surface area contributed by atoms with E-state index in [-0.39, 0.29) is 12.5 Å². The third-order valence-electron chi connectivity index (χ3n) is 5.37. The van der Waals surface area contributed by atoms with E-state index >= 15 is 0 Å². The Hall–Kier alpha value is -3.87. The number of aryl methyl sites for hydroxylation is 2. The van der Waals surface area contributed by atoms with Crippen LogP contribution in [0.3, 0.4) is 0 Å². The molecule has 0 aliphatic heterocycles. The second-order valence-electron chi connectivity index (χ2n) is 7.30. The zero-order valence-corrected chi connectivity index (χ0v) is 17.7. The minimum Gasteiger partial charge on any atom is -0.465 e. The van der Waals surface area contributed by atoms with Crippen LogP contribution in [-0.2, 0) is 22.6 Å². The maximum Gasteiger partial charge on any atom is 0.340 e. The molecule has 0 saturated carbocycles. The second kappa shape index (κ2) is 8.47. The van der Waals surface area contributed by atoms with E-state index in [1.807, 2.05) is 68.4 Å². The molecule has 4 rings (SSSR count). The standard InChI is InChI=1S/C24H23N3O4/c1-16-20(17(2)31-25-16)14-27(18-9-5-4-6-10-18)23(28)15-26-13-21(24(29)30-3)19-11-7-8-12-22(19)26/h4-13H,14-15H2,1-3H3. The normalized spacial score (nSPS) is 10.9. The molecular formula is C24H23N3O4. The molecule has 0 N–H and O–H groups in total. The van der Waals surface area contributed by atoms with Crippen molar-refractivity contribution in [1.82, 2.24) is 9.72 Å². The summed E-state index contributed by atoms with van der Waals surface area (Å²) in [6.07, 6.45) is 1.67. The molecule has 0 aliphatic rings. The Balaban J connectivity index is 1.71. The van der Waals surface area contributed by atoms with Gasteiger partial charge in [-0.15, -0.1) is 0 Å². The molecule has 0 spiro atoms. The lowest BCUT2D eigenvalue weighted by molar-refractivity contribution is -0.119. The highest BCUT2D eigenvalue weighted by Crippen LogP contribution is 2.25. The highest BCUT2D eigenvalue weighted by atomic mass is 16.5. The molecule has 2 heterocycles. The van der Waals surface area contributed by atoms with Crippen LogP contribution in [-0.4, -0.2) is 28.7 Å². The van der Waals surface area contributed by atoms with Crippen LogP contribution in [0.15, 0.2) is 65.3 Å². The molecule has 0 unspecified atom stereocenters. The van der Waals surface area contributed by atoms with Gasteiger partial charge in [0, 0.05) is 28.4 Å². The fourth-order valence-electron chi connectivity index (χ4n) is 3.70. The molecule has 2 aromatic heterocycles. The number of hydrogen-bond acceptors (Lipinski definition) is 5. The third-order valence-corrected chi connectivity index (χ3v) is 5.37. The Kier molecular flexibility index (Phi) is 5.58. The molecule has 1 amide bonds. The zero-order chi connectivity index (χ0) is 22.0. The van der Waals surface area contributed by atoms with E-state index in [0.29, 0.717) is 17.9 Å². The van der Waals surface area contributed by atoms with Gasteiger partial charge < -0.3 is 18.7 Å². The minimum absolute atomic E-state index is 0.0653. The Bertz CT molecular complexity index is 1220. The van der Waals surface area contributed by atoms with Crippen molar-refractivity contribution in [2.45, 2.75) is 26.9 Å². The first-order valence-corrected chi connectivity index (χ1v) is 9.93. The van der Waals surface area contributed by atoms with E-state index in [2.05, 4.69) is 5.16 Å². The SMILES string of the molecule is COC(=O)c1cn(CC(=O)N(Cc2c(C)noc2C)c2ccccc2)c2ccccc12. The number of anilines is 1. The van der Waals surface area contributed by atoms with Crippen molar-refractivity contribution in [3.8, 4) is 0 Å². The van der Waals surface area contributed by atoms with E-state index in [1.165, 1.54) is 7.11 Å². The quantitative estimate of drug-likeness (QED) is 0.438. The lowest BCUT2D eigenvalue weighted by Crippen LogP contribution is -2.33. The van der Waals surface area contributed by atoms with Gasteiger partial charge in [-0.25, -0.2) is 4.79 Å². The molecular weight excluding hydrogens is 394 g/mol. The number of aromatic nitrogens is 2. The number of carbonyl (C=O) groups is 2. The van der Waals surface area contributed by atoms with Crippen molar-refractivity contribution in [2.24, 2.45) is 0 Å². The summed E-state index contributed by atoms with van der Waals surface area (Å²) in [6, 6.07) is 16.9. The van der Waals surface area contributed by atoms with Gasteiger partial charge in [0.15, 0.2) is 0 Å². The molecule has 7 nitrogen and oxygen atoms in total. The van der Waals surface area contributed by atoms with Crippen LogP contribution in [0.2, 0.25) is 0 Å². The van der Waals surface area contributed by atoms with Crippen molar-refractivity contribution in [3.63, 3.8) is 0 Å². The maximum absolute atomic E-state index is 13.5. The van der Waals surface area contributed by atoms with Crippen LogP contribution in [0.25, 0.3) is 10.9 Å². The number of fused-ring (bicyclic) bond motifs is 1. The molecule has 0 radical (unpaired) electrons. The summed E-state index contributed by atoms with van der Waals surface area (Å²) in [7, 11) is 1.35. The summed E-state index contributed by atoms with van der Waals surface area (Å²) >= 11 is 0. The van der Waals surface area contributed by atoms with E-state index in [9.17, 15) is 9.59 Å². The van der Waals surface area contributed by atoms with Crippen LogP contribution < -0.4 is 4.90 Å². The molecule has 0 aliphatic carbocycles. The summed E-state index contributed by atoms with van der Waals surface area (Å²) in [5.41, 5.74) is 3.64. The highest BCUT2D eigenvalue weighted by molar-refractivity contribution is 6.05. The average Bonchev–Trinajstić information content (AvgIpc) is 3.31. The number of amides is 1. The second-order valence-corrected chi connectivity index (χ2v) is 7.30. The number of ether oxygens (including phenoxy) is 1. The lowest BCUT2D eigenvalue weighted by Gasteiger charge is -2.23. The van der Waals surface area contributed by atoms with Crippen LogP contribution in [0.4, 0.5) is 5.69 Å². The molecule has 0 saturated heterocycles. The third kappa shape index (κ3) is 3.94. The van der Waals surface area contributed by atoms with Gasteiger partial charge in [-0.05, 0) is 32.0 Å². The Morgan fingerprint density at radius 3 is 2.45 bits per heavy atom. The summed E-state index contributed by atoms with van der Waals surface area (Å²) < 4.78 is 12.0. The van der Waals surface area contributed by atoms with Crippen LogP contribution in [0.5, 0.6) is 0 Å². The number of esters is 1. The van der Waals surface area contributed by atoms with Crippen molar-refractivity contribution >= 4 is 28.5 Å². The summed E-state index contributed by atoms with van der Waals surface area (Å²) in [6.45, 7) is 4.11. The van der Waals surface area contributed by atoms with E-state index in [4.69, 9.17) is 9.26 Å². The molecule has 31 heavy (non-hydrogen) atoms. The Morgan fingerprint density at radius 2 is 1.77 bits per heavy atom. The first-order valence-electron chi connectivity index (χ1n) is 9.93. The highest BCUT2D eigenvalue weighted by Gasteiger charge is 2.23. The number of para-hydroxylation sites is 2. The monoisotopic (exact) mass is 417 g/mol. The smallest absolute Gasteiger partial charge is 0.340 e. The molecule has 2 aromatic carbocycles. The number of hydrogen-bond donors (Lipinski definition) is 0. The molecule has 0 atom stereocenters. The fourth-order valence-corrected chi connectivity index (χ4v) is 3.70. The van der Waals surface area contributed by atoms with Gasteiger partial charge in [-0.2, -0.15) is 0 Å². The first kappa shape index (κ1) is 20.4. The Labute approximate surface area is 179 Å². The minimum atomic E-state index is -0.432. The van der Waals surface area contributed by atoms with Crippen molar-refractivity contribution in [3.05, 3.63) is 83.4 Å². The van der Waals surface area contributed by atoms with Crippen molar-refractivity contribution < 1.29 is 18.8 Å². The van der Waals surface area contributed by atoms with Gasteiger partial charge in [-0.1, -0.05) is 41.6 Å². The molecule has 0 bridgehead atoms. The topological polar surface area (TPSA) is 77.6 Å². The lowest BCUT2D eigenvalue weighted by atomic mass is 10.1. The van der Waals surface area contributed by atoms with Crippen molar-refractivity contribution in [1.29, 1.82) is 0 Å². The molecule has 0 fully saturated rings. The van der Waals surface area contributed by atoms with Gasteiger partial charge in [0.2, 0.25) is 5.91 Å². The molecule has 158 valence electrons. The number of nitrogens with zero attached hydrogens (tertiary/aromatic N) is 3. The predicted molar refractivity (Wildman–Crippen MR) is 117 cm³/mol. The van der Waals surface area contributed by atoms with Crippen molar-refractivity contribution in [2.75, 3.05) is 12.0 Å². The maximum atomic E-state index is 13.5. The summed E-state index contributed by atoms with van der Waals surface area (Å²) in [5, 5.41) is 4.76. The molecule has 7 heteroatoms. The predicted octanol–water partition coefficient (Wildman–Crippen LogP) is 4.27. The number of rotatable bonds is 6. The van der Waals surface area contributed by atoms with Gasteiger partial charge in [-0.3, -0.25) is 4.79 Å². The van der Waals surface area contributed by atoms with Gasteiger partial charge in [0.05, 0.1) is 24.9 Å². The largest absolute Gasteiger partial charge is 0.465 e. The van der Waals surface area contributed by atoms with Crippen LogP contribution in [0.1, 0.15) is 27.4 Å². The van der Waals surface area contributed by atoms with Crippen LogP contribution in [0, 0.1) is 13.8 Å². The van der Waals surface area contributed by atoms with Gasteiger partial charge in [0.1, 0.15) is 12.3 Å². The van der Waals surface area contributed by atoms with E-state index in [0.717, 1.165) is 27.8 Å². The van der Waals surface area contributed by atoms with Crippen LogP contribution >= 0.6 is 0 Å². The number of methoxy groups -OCH3 is 1. The number of benzene rings is 2. The van der Waals surface area contributed by atoms with Gasteiger partial charge in [0.25, 0.3) is 0 Å². The average molecular weight is 417 g/mol. The Morgan fingerprint density at radius 1 is 1.06 bits per heavy atom. The zero-order valence-electron chi connectivity index (χ0n) is 17.7. The van der Waals surface area contributed by atoms with E-state index < -0.39 is 5.97 Å². The summed E-state index contributed by atoms with van der Waals surface area (Å²) in [4.78, 5) is 27.4. The molecule has 4 aromatic rings. The van der Waals surface area contributed by atoms with E-state index in [1.54, 1.807) is 15.7 Å². The fraction of sp³-hybridized carbons (Fsp3) is 0.208. The first-order chi connectivity index (χ1) is 15.0. The number of carbonyl (C=O) groups excluding carboxylic acids is 2. The van der Waals surface area contributed by atoms with Gasteiger partial charge >= 0.3 is 5.97 Å².